The van der Waals surface area contributed by atoms with Crippen LogP contribution in [0.2, 0.25) is 0 Å². The van der Waals surface area contributed by atoms with Crippen LogP contribution in [0, 0.1) is 17.3 Å². The summed E-state index contributed by atoms with van der Waals surface area (Å²) in [7, 11) is 1.93. The molecule has 1 aliphatic carbocycles. The second-order valence-corrected chi connectivity index (χ2v) is 7.83. The van der Waals surface area contributed by atoms with Gasteiger partial charge < -0.3 is 5.11 Å². The number of likely N-dealkylation sites (N-methyl/N-ethyl adjacent to an activating group) is 1. The number of rotatable bonds is 4. The Bertz CT molecular complexity index is 309. The lowest BCUT2D eigenvalue weighted by Gasteiger charge is -2.40. The molecule has 0 bridgehead atoms. The predicted molar refractivity (Wildman–Crippen MR) is 79.2 cm³/mol. The van der Waals surface area contributed by atoms with Crippen molar-refractivity contribution in [3.8, 4) is 0 Å². The van der Waals surface area contributed by atoms with Crippen LogP contribution in [0.25, 0.3) is 0 Å². The molecule has 1 aliphatic rings. The number of hydrogen-bond acceptors (Lipinski definition) is 2. The standard InChI is InChI=1S/C16H31NO2/c1-15(2,3)13-9-7-12(8-10-13)11-17(6)16(4,5)14(18)19/h12-13H,7-11H2,1-6H3,(H,18,19). The fourth-order valence-corrected chi connectivity index (χ4v) is 2.99. The normalized spacial score (nSPS) is 25.6. The van der Waals surface area contributed by atoms with Crippen molar-refractivity contribution < 1.29 is 9.90 Å². The lowest BCUT2D eigenvalue weighted by molar-refractivity contribution is -0.149. The summed E-state index contributed by atoms with van der Waals surface area (Å²) in [4.78, 5) is 13.2. The Morgan fingerprint density at radius 2 is 1.58 bits per heavy atom. The Kier molecular flexibility index (Phi) is 5.05. The third kappa shape index (κ3) is 4.20. The molecule has 1 N–H and O–H groups in total. The fraction of sp³-hybridized carbons (Fsp3) is 0.938. The van der Waals surface area contributed by atoms with Crippen LogP contribution >= 0.6 is 0 Å². The smallest absolute Gasteiger partial charge is 0.323 e. The molecule has 1 fully saturated rings. The summed E-state index contributed by atoms with van der Waals surface area (Å²) in [6, 6.07) is 0. The highest BCUT2D eigenvalue weighted by Gasteiger charge is 2.35. The second-order valence-electron chi connectivity index (χ2n) is 7.83. The first-order valence-corrected chi connectivity index (χ1v) is 7.49. The third-order valence-corrected chi connectivity index (χ3v) is 5.08. The summed E-state index contributed by atoms with van der Waals surface area (Å²) in [6.45, 7) is 11.5. The molecule has 0 atom stereocenters. The van der Waals surface area contributed by atoms with E-state index >= 15 is 0 Å². The number of carbonyl (C=O) groups is 1. The summed E-state index contributed by atoms with van der Waals surface area (Å²) in [5, 5.41) is 9.25. The quantitative estimate of drug-likeness (QED) is 0.847. The molecule has 0 aromatic heterocycles. The van der Waals surface area contributed by atoms with Gasteiger partial charge in [-0.1, -0.05) is 20.8 Å². The maximum atomic E-state index is 11.2. The highest BCUT2D eigenvalue weighted by atomic mass is 16.4. The molecule has 3 heteroatoms. The van der Waals surface area contributed by atoms with Crippen LogP contribution < -0.4 is 0 Å². The van der Waals surface area contributed by atoms with Crippen LogP contribution in [0.5, 0.6) is 0 Å². The van der Waals surface area contributed by atoms with Crippen molar-refractivity contribution in [2.75, 3.05) is 13.6 Å². The number of aliphatic carboxylic acids is 1. The molecule has 1 saturated carbocycles. The minimum atomic E-state index is -0.763. The molecule has 0 aromatic rings. The van der Waals surface area contributed by atoms with E-state index in [9.17, 15) is 9.90 Å². The van der Waals surface area contributed by atoms with Crippen LogP contribution in [-0.2, 0) is 4.79 Å². The molecule has 0 aromatic carbocycles. The molecule has 0 aliphatic heterocycles. The van der Waals surface area contributed by atoms with E-state index in [0.717, 1.165) is 12.5 Å². The molecular formula is C16H31NO2. The van der Waals surface area contributed by atoms with E-state index < -0.39 is 11.5 Å². The average Bonchev–Trinajstić information content (AvgIpc) is 2.28. The van der Waals surface area contributed by atoms with E-state index in [0.29, 0.717) is 11.3 Å². The highest BCUT2D eigenvalue weighted by molar-refractivity contribution is 5.77. The van der Waals surface area contributed by atoms with Gasteiger partial charge in [0.25, 0.3) is 0 Å². The van der Waals surface area contributed by atoms with Crippen LogP contribution in [0.15, 0.2) is 0 Å². The highest BCUT2D eigenvalue weighted by Crippen LogP contribution is 2.40. The maximum Gasteiger partial charge on any atom is 0.323 e. The summed E-state index contributed by atoms with van der Waals surface area (Å²) in [6.07, 6.45) is 5.05. The molecule has 1 rings (SSSR count). The Labute approximate surface area is 118 Å². The van der Waals surface area contributed by atoms with E-state index in [1.807, 2.05) is 11.9 Å². The topological polar surface area (TPSA) is 40.5 Å². The van der Waals surface area contributed by atoms with Crippen LogP contribution in [-0.4, -0.2) is 35.1 Å². The number of carboxylic acid groups (broad SMARTS) is 1. The van der Waals surface area contributed by atoms with Gasteiger partial charge in [-0.15, -0.1) is 0 Å². The summed E-state index contributed by atoms with van der Waals surface area (Å²) >= 11 is 0. The zero-order valence-corrected chi connectivity index (χ0v) is 13.5. The molecule has 112 valence electrons. The largest absolute Gasteiger partial charge is 0.480 e. The molecule has 0 heterocycles. The van der Waals surface area contributed by atoms with Gasteiger partial charge in [-0.3, -0.25) is 9.69 Å². The van der Waals surface area contributed by atoms with Crippen molar-refractivity contribution in [1.29, 1.82) is 0 Å². The van der Waals surface area contributed by atoms with Crippen molar-refractivity contribution >= 4 is 5.97 Å². The van der Waals surface area contributed by atoms with Crippen molar-refractivity contribution in [2.45, 2.75) is 65.8 Å². The van der Waals surface area contributed by atoms with Crippen LogP contribution in [0.1, 0.15) is 60.3 Å². The van der Waals surface area contributed by atoms with E-state index in [-0.39, 0.29) is 0 Å². The van der Waals surface area contributed by atoms with Gasteiger partial charge in [-0.25, -0.2) is 0 Å². The van der Waals surface area contributed by atoms with Gasteiger partial charge >= 0.3 is 5.97 Å². The van der Waals surface area contributed by atoms with Crippen molar-refractivity contribution in [3.63, 3.8) is 0 Å². The first kappa shape index (κ1) is 16.5. The zero-order valence-electron chi connectivity index (χ0n) is 13.5. The summed E-state index contributed by atoms with van der Waals surface area (Å²) in [5.41, 5.74) is -0.349. The first-order valence-electron chi connectivity index (χ1n) is 7.49. The number of nitrogens with zero attached hydrogens (tertiary/aromatic N) is 1. The van der Waals surface area contributed by atoms with Gasteiger partial charge in [0.15, 0.2) is 0 Å². The molecule has 0 saturated heterocycles. The van der Waals surface area contributed by atoms with Gasteiger partial charge in [0.05, 0.1) is 0 Å². The molecule has 0 unspecified atom stereocenters. The number of hydrogen-bond donors (Lipinski definition) is 1. The minimum absolute atomic E-state index is 0.414. The SMILES string of the molecule is CN(CC1CCC(C(C)(C)C)CC1)C(C)(C)C(=O)O. The van der Waals surface area contributed by atoms with E-state index in [4.69, 9.17) is 0 Å². The van der Waals surface area contributed by atoms with Crippen LogP contribution in [0.4, 0.5) is 0 Å². The van der Waals surface area contributed by atoms with E-state index in [1.165, 1.54) is 25.7 Å². The third-order valence-electron chi connectivity index (χ3n) is 5.08. The maximum absolute atomic E-state index is 11.2. The van der Waals surface area contributed by atoms with Crippen LogP contribution in [0.3, 0.4) is 0 Å². The summed E-state index contributed by atoms with van der Waals surface area (Å²) in [5.74, 6) is 0.738. The Morgan fingerprint density at radius 1 is 1.11 bits per heavy atom. The van der Waals surface area contributed by atoms with Gasteiger partial charge in [0, 0.05) is 6.54 Å². The Balaban J connectivity index is 2.48. The predicted octanol–water partition coefficient (Wildman–Crippen LogP) is 3.63. The number of carboxylic acids is 1. The van der Waals surface area contributed by atoms with E-state index in [1.54, 1.807) is 13.8 Å². The van der Waals surface area contributed by atoms with Gasteiger partial charge in [0.2, 0.25) is 0 Å². The van der Waals surface area contributed by atoms with Crippen molar-refractivity contribution in [1.82, 2.24) is 4.90 Å². The van der Waals surface area contributed by atoms with Gasteiger partial charge in [0.1, 0.15) is 5.54 Å². The monoisotopic (exact) mass is 269 g/mol. The fourth-order valence-electron chi connectivity index (χ4n) is 2.99. The summed E-state index contributed by atoms with van der Waals surface area (Å²) < 4.78 is 0. The molecular weight excluding hydrogens is 238 g/mol. The minimum Gasteiger partial charge on any atom is -0.480 e. The second kappa shape index (κ2) is 5.82. The average molecular weight is 269 g/mol. The molecule has 19 heavy (non-hydrogen) atoms. The zero-order chi connectivity index (χ0) is 14.8. The van der Waals surface area contributed by atoms with Crippen molar-refractivity contribution in [2.24, 2.45) is 17.3 Å². The van der Waals surface area contributed by atoms with Gasteiger partial charge in [-0.05, 0) is 63.8 Å². The molecule has 3 nitrogen and oxygen atoms in total. The lowest BCUT2D eigenvalue weighted by Crippen LogP contribution is -2.50. The molecule has 0 radical (unpaired) electrons. The lowest BCUT2D eigenvalue weighted by atomic mass is 9.69. The Hall–Kier alpha value is -0.570. The molecule has 0 amide bonds. The Morgan fingerprint density at radius 3 is 1.95 bits per heavy atom. The van der Waals surface area contributed by atoms with Gasteiger partial charge in [-0.2, -0.15) is 0 Å². The first-order chi connectivity index (χ1) is 8.55. The molecule has 0 spiro atoms. The van der Waals surface area contributed by atoms with Crippen molar-refractivity contribution in [3.05, 3.63) is 0 Å². The van der Waals surface area contributed by atoms with E-state index in [2.05, 4.69) is 20.8 Å².